The lowest BCUT2D eigenvalue weighted by Crippen LogP contribution is -1.90. The number of aliphatic carboxylic acids is 1. The SMILES string of the molecule is CC(=O)O.CCNP. The van der Waals surface area contributed by atoms with E-state index in [4.69, 9.17) is 9.90 Å². The normalized spacial score (nSPS) is 6.88. The van der Waals surface area contributed by atoms with Gasteiger partial charge in [0.05, 0.1) is 0 Å². The minimum atomic E-state index is -0.833. The van der Waals surface area contributed by atoms with Gasteiger partial charge in [-0.2, -0.15) is 0 Å². The van der Waals surface area contributed by atoms with Crippen LogP contribution in [0.15, 0.2) is 0 Å². The molecule has 0 spiro atoms. The third-order valence-electron chi connectivity index (χ3n) is 0.204. The summed E-state index contributed by atoms with van der Waals surface area (Å²) in [4.78, 5) is 9.00. The molecule has 0 aromatic rings. The molecule has 1 unspecified atom stereocenters. The van der Waals surface area contributed by atoms with Gasteiger partial charge in [0.2, 0.25) is 0 Å². The molecule has 0 aromatic heterocycles. The first-order valence-corrected chi connectivity index (χ1v) is 2.85. The second-order valence-electron chi connectivity index (χ2n) is 1.08. The zero-order valence-electron chi connectivity index (χ0n) is 5.14. The maximum atomic E-state index is 9.00. The van der Waals surface area contributed by atoms with Crippen LogP contribution in [0.5, 0.6) is 0 Å². The highest BCUT2D eigenvalue weighted by molar-refractivity contribution is 7.13. The lowest BCUT2D eigenvalue weighted by Gasteiger charge is -1.75. The second-order valence-corrected chi connectivity index (χ2v) is 1.48. The molecule has 0 aliphatic heterocycles. The van der Waals surface area contributed by atoms with Crippen LogP contribution in [-0.2, 0) is 4.79 Å². The molecule has 0 bridgehead atoms. The maximum Gasteiger partial charge on any atom is 0.300 e. The van der Waals surface area contributed by atoms with Crippen LogP contribution in [0.3, 0.4) is 0 Å². The summed E-state index contributed by atoms with van der Waals surface area (Å²) in [6.45, 7) is 4.16. The van der Waals surface area contributed by atoms with E-state index in [2.05, 4.69) is 14.5 Å². The molecule has 0 saturated carbocycles. The molecule has 0 amide bonds. The molecule has 0 heterocycles. The van der Waals surface area contributed by atoms with E-state index in [1.165, 1.54) is 0 Å². The smallest absolute Gasteiger partial charge is 0.300 e. The molecule has 0 aliphatic rings. The molecule has 0 rings (SSSR count). The van der Waals surface area contributed by atoms with Gasteiger partial charge in [0, 0.05) is 6.92 Å². The van der Waals surface area contributed by atoms with Gasteiger partial charge >= 0.3 is 0 Å². The van der Waals surface area contributed by atoms with Crippen LogP contribution < -0.4 is 5.09 Å². The average Bonchev–Trinajstić information content (AvgIpc) is 1.65. The van der Waals surface area contributed by atoms with E-state index < -0.39 is 5.97 Å². The summed E-state index contributed by atoms with van der Waals surface area (Å²) in [5.41, 5.74) is 0. The Kier molecular flexibility index (Phi) is 13.4. The summed E-state index contributed by atoms with van der Waals surface area (Å²) in [6, 6.07) is 0. The van der Waals surface area contributed by atoms with E-state index in [0.717, 1.165) is 13.5 Å². The fourth-order valence-corrected chi connectivity index (χ4v) is 0. The first-order valence-electron chi connectivity index (χ1n) is 2.28. The van der Waals surface area contributed by atoms with Crippen LogP contribution >= 0.6 is 9.39 Å². The van der Waals surface area contributed by atoms with Gasteiger partial charge in [-0.05, 0) is 6.54 Å². The van der Waals surface area contributed by atoms with Gasteiger partial charge in [-0.1, -0.05) is 16.3 Å². The number of rotatable bonds is 1. The zero-order valence-corrected chi connectivity index (χ0v) is 6.29. The maximum absolute atomic E-state index is 9.00. The summed E-state index contributed by atoms with van der Waals surface area (Å²) < 4.78 is 0. The first kappa shape index (κ1) is 10.8. The molecule has 8 heavy (non-hydrogen) atoms. The highest BCUT2D eigenvalue weighted by Crippen LogP contribution is 1.59. The second kappa shape index (κ2) is 9.97. The fraction of sp³-hybridized carbons (Fsp3) is 0.750. The predicted octanol–water partition coefficient (Wildman–Crippen LogP) is 0.477. The lowest BCUT2D eigenvalue weighted by atomic mass is 10.8. The predicted molar refractivity (Wildman–Crippen MR) is 36.7 cm³/mol. The topological polar surface area (TPSA) is 49.3 Å². The van der Waals surface area contributed by atoms with Crippen molar-refractivity contribution in [3.8, 4) is 0 Å². The molecule has 1 atom stereocenters. The van der Waals surface area contributed by atoms with E-state index in [0.29, 0.717) is 0 Å². The van der Waals surface area contributed by atoms with E-state index in [1.807, 2.05) is 6.92 Å². The van der Waals surface area contributed by atoms with Crippen molar-refractivity contribution in [1.82, 2.24) is 5.09 Å². The van der Waals surface area contributed by atoms with Crippen molar-refractivity contribution in [2.75, 3.05) is 6.54 Å². The number of hydrogen-bond acceptors (Lipinski definition) is 2. The summed E-state index contributed by atoms with van der Waals surface area (Å²) in [5.74, 6) is -0.833. The Balaban J connectivity index is 0. The van der Waals surface area contributed by atoms with Gasteiger partial charge in [0.25, 0.3) is 5.97 Å². The van der Waals surface area contributed by atoms with Crippen molar-refractivity contribution in [3.05, 3.63) is 0 Å². The minimum absolute atomic E-state index is 0.833. The third kappa shape index (κ3) is 187. The van der Waals surface area contributed by atoms with Gasteiger partial charge in [-0.3, -0.25) is 4.79 Å². The molecule has 0 aliphatic carbocycles. The van der Waals surface area contributed by atoms with Crippen molar-refractivity contribution < 1.29 is 9.90 Å². The Morgan fingerprint density at radius 3 is 2.00 bits per heavy atom. The van der Waals surface area contributed by atoms with Crippen LogP contribution in [0.1, 0.15) is 13.8 Å². The first-order chi connectivity index (χ1) is 3.65. The number of hydrogen-bond donors (Lipinski definition) is 2. The number of carboxylic acid groups (broad SMARTS) is 1. The third-order valence-corrected chi connectivity index (χ3v) is 0.612. The lowest BCUT2D eigenvalue weighted by molar-refractivity contribution is -0.134. The summed E-state index contributed by atoms with van der Waals surface area (Å²) >= 11 is 0. The summed E-state index contributed by atoms with van der Waals surface area (Å²) in [6.07, 6.45) is 0. The van der Waals surface area contributed by atoms with Crippen LogP contribution in [0.4, 0.5) is 0 Å². The van der Waals surface area contributed by atoms with Crippen molar-refractivity contribution in [2.45, 2.75) is 13.8 Å². The van der Waals surface area contributed by atoms with Crippen molar-refractivity contribution in [3.63, 3.8) is 0 Å². The quantitative estimate of drug-likeness (QED) is 0.517. The van der Waals surface area contributed by atoms with Crippen LogP contribution in [0, 0.1) is 0 Å². The molecule has 50 valence electrons. The van der Waals surface area contributed by atoms with Crippen LogP contribution in [0.25, 0.3) is 0 Å². The minimum Gasteiger partial charge on any atom is -0.481 e. The fourth-order valence-electron chi connectivity index (χ4n) is 0. The Bertz CT molecular complexity index is 52.0. The van der Waals surface area contributed by atoms with E-state index in [-0.39, 0.29) is 0 Å². The number of carbonyl (C=O) groups is 1. The molecule has 0 fully saturated rings. The van der Waals surface area contributed by atoms with E-state index >= 15 is 0 Å². The standard InChI is InChI=1S/C2H8NP.C2H4O2/c1-2-3-4;1-2(3)4/h3H,2,4H2,1H3;1H3,(H,3,4). The molecule has 4 heteroatoms. The monoisotopic (exact) mass is 137 g/mol. The largest absolute Gasteiger partial charge is 0.481 e. The number of nitrogens with one attached hydrogen (secondary N) is 1. The van der Waals surface area contributed by atoms with Crippen molar-refractivity contribution in [1.29, 1.82) is 0 Å². The Labute approximate surface area is 51.7 Å². The zero-order chi connectivity index (χ0) is 6.99. The van der Waals surface area contributed by atoms with Crippen LogP contribution in [-0.4, -0.2) is 17.6 Å². The highest BCUT2D eigenvalue weighted by atomic mass is 31.0. The van der Waals surface area contributed by atoms with Gasteiger partial charge < -0.3 is 10.2 Å². The molecular weight excluding hydrogens is 125 g/mol. The Morgan fingerprint density at radius 1 is 1.88 bits per heavy atom. The molecular formula is C4H12NO2P. The molecule has 2 N–H and O–H groups in total. The van der Waals surface area contributed by atoms with Gasteiger partial charge in [-0.25, -0.2) is 0 Å². The summed E-state index contributed by atoms with van der Waals surface area (Å²) in [5, 5.41) is 10.3. The van der Waals surface area contributed by atoms with E-state index in [9.17, 15) is 0 Å². The number of carboxylic acids is 1. The molecule has 0 aromatic carbocycles. The summed E-state index contributed by atoms with van der Waals surface area (Å²) in [7, 11) is 2.41. The molecule has 3 nitrogen and oxygen atoms in total. The molecule has 0 radical (unpaired) electrons. The highest BCUT2D eigenvalue weighted by Gasteiger charge is 1.65. The van der Waals surface area contributed by atoms with E-state index in [1.54, 1.807) is 0 Å². The molecule has 0 saturated heterocycles. The van der Waals surface area contributed by atoms with Crippen molar-refractivity contribution in [2.24, 2.45) is 0 Å². The van der Waals surface area contributed by atoms with Crippen molar-refractivity contribution >= 4 is 15.4 Å². The average molecular weight is 137 g/mol. The Morgan fingerprint density at radius 2 is 2.00 bits per heavy atom. The van der Waals surface area contributed by atoms with Gasteiger partial charge in [0.1, 0.15) is 0 Å². The van der Waals surface area contributed by atoms with Gasteiger partial charge in [0.15, 0.2) is 0 Å². The Hall–Kier alpha value is -0.140. The van der Waals surface area contributed by atoms with Crippen LogP contribution in [0.2, 0.25) is 0 Å². The van der Waals surface area contributed by atoms with Gasteiger partial charge in [-0.15, -0.1) is 0 Å².